The molecule has 0 unspecified atom stereocenters. The van der Waals surface area contributed by atoms with Gasteiger partial charge < -0.3 is 15.2 Å². The summed E-state index contributed by atoms with van der Waals surface area (Å²) in [6.07, 6.45) is 4.92. The van der Waals surface area contributed by atoms with E-state index in [4.69, 9.17) is 5.73 Å². The highest BCUT2D eigenvalue weighted by atomic mass is 15.3. The molecule has 1 aliphatic rings. The average Bonchev–Trinajstić information content (AvgIpc) is 2.75. The highest BCUT2D eigenvalue weighted by Gasteiger charge is 2.16. The lowest BCUT2D eigenvalue weighted by Gasteiger charge is -2.34. The van der Waals surface area contributed by atoms with E-state index in [2.05, 4.69) is 26.4 Å². The first-order chi connectivity index (χ1) is 8.29. The molecular weight excluding hydrogens is 214 g/mol. The maximum absolute atomic E-state index is 5.57. The Hall–Kier alpha value is -0.910. The van der Waals surface area contributed by atoms with Gasteiger partial charge in [0.1, 0.15) is 5.82 Å². The summed E-state index contributed by atoms with van der Waals surface area (Å²) in [5.74, 6) is 1.18. The van der Waals surface area contributed by atoms with Gasteiger partial charge in [0.2, 0.25) is 0 Å². The second-order valence-corrected chi connectivity index (χ2v) is 4.68. The summed E-state index contributed by atoms with van der Waals surface area (Å²) in [6, 6.07) is 0. The molecule has 0 atom stereocenters. The quantitative estimate of drug-likeness (QED) is 0.753. The van der Waals surface area contributed by atoms with Crippen LogP contribution in [0.2, 0.25) is 0 Å². The Balaban J connectivity index is 1.70. The van der Waals surface area contributed by atoms with E-state index in [0.29, 0.717) is 0 Å². The summed E-state index contributed by atoms with van der Waals surface area (Å²) >= 11 is 0. The van der Waals surface area contributed by atoms with Gasteiger partial charge in [-0.3, -0.25) is 4.90 Å². The van der Waals surface area contributed by atoms with Crippen molar-refractivity contribution in [2.75, 3.05) is 45.8 Å². The van der Waals surface area contributed by atoms with Crippen molar-refractivity contribution in [3.63, 3.8) is 0 Å². The molecule has 0 spiro atoms. The Bertz CT molecular complexity index is 327. The zero-order valence-corrected chi connectivity index (χ0v) is 10.7. The molecule has 2 heterocycles. The number of imidazole rings is 1. The van der Waals surface area contributed by atoms with Crippen LogP contribution in [-0.2, 0) is 13.5 Å². The Morgan fingerprint density at radius 3 is 2.35 bits per heavy atom. The van der Waals surface area contributed by atoms with Gasteiger partial charge in [0.15, 0.2) is 0 Å². The highest BCUT2D eigenvalue weighted by molar-refractivity contribution is 4.92. The van der Waals surface area contributed by atoms with Crippen LogP contribution in [0.1, 0.15) is 5.82 Å². The highest BCUT2D eigenvalue weighted by Crippen LogP contribution is 2.03. The standard InChI is InChI=1S/C12H23N5/c1-15-7-4-14-12(15)2-5-16-8-10-17(6-3-13)11-9-16/h4,7H,2-3,5-6,8-11,13H2,1H3. The second-order valence-electron chi connectivity index (χ2n) is 4.68. The molecule has 1 fully saturated rings. The van der Waals surface area contributed by atoms with Crippen molar-refractivity contribution in [1.82, 2.24) is 19.4 Å². The fourth-order valence-corrected chi connectivity index (χ4v) is 2.31. The van der Waals surface area contributed by atoms with E-state index < -0.39 is 0 Å². The fourth-order valence-electron chi connectivity index (χ4n) is 2.31. The molecule has 1 saturated heterocycles. The SMILES string of the molecule is Cn1ccnc1CCN1CCN(CCN)CC1. The summed E-state index contributed by atoms with van der Waals surface area (Å²) in [4.78, 5) is 9.31. The van der Waals surface area contributed by atoms with Crippen molar-refractivity contribution in [2.24, 2.45) is 12.8 Å². The van der Waals surface area contributed by atoms with Crippen LogP contribution in [0.5, 0.6) is 0 Å². The van der Waals surface area contributed by atoms with Gasteiger partial charge in [-0.25, -0.2) is 4.98 Å². The minimum absolute atomic E-state index is 0.771. The van der Waals surface area contributed by atoms with E-state index in [1.165, 1.54) is 5.82 Å². The molecule has 0 aliphatic carbocycles. The number of nitrogens with zero attached hydrogens (tertiary/aromatic N) is 4. The molecule has 2 rings (SSSR count). The van der Waals surface area contributed by atoms with Gasteiger partial charge in [0.25, 0.3) is 0 Å². The van der Waals surface area contributed by atoms with Gasteiger partial charge in [0.05, 0.1) is 0 Å². The van der Waals surface area contributed by atoms with Gasteiger partial charge in [-0.1, -0.05) is 0 Å². The Labute approximate surface area is 103 Å². The first-order valence-corrected chi connectivity index (χ1v) is 6.40. The number of hydrogen-bond donors (Lipinski definition) is 1. The minimum Gasteiger partial charge on any atom is -0.338 e. The van der Waals surface area contributed by atoms with E-state index >= 15 is 0 Å². The number of piperazine rings is 1. The lowest BCUT2D eigenvalue weighted by Crippen LogP contribution is -2.48. The molecule has 0 amide bonds. The van der Waals surface area contributed by atoms with Gasteiger partial charge in [-0.05, 0) is 0 Å². The molecule has 0 radical (unpaired) electrons. The second kappa shape index (κ2) is 6.14. The lowest BCUT2D eigenvalue weighted by molar-refractivity contribution is 0.135. The zero-order valence-electron chi connectivity index (χ0n) is 10.7. The number of nitrogens with two attached hydrogens (primary N) is 1. The molecule has 5 heteroatoms. The van der Waals surface area contributed by atoms with E-state index in [0.717, 1.165) is 52.2 Å². The first-order valence-electron chi connectivity index (χ1n) is 6.40. The van der Waals surface area contributed by atoms with Crippen molar-refractivity contribution in [3.8, 4) is 0 Å². The van der Waals surface area contributed by atoms with Gasteiger partial charge in [-0.2, -0.15) is 0 Å². The normalized spacial score (nSPS) is 18.7. The number of hydrogen-bond acceptors (Lipinski definition) is 4. The maximum Gasteiger partial charge on any atom is 0.109 e. The van der Waals surface area contributed by atoms with Gasteiger partial charge >= 0.3 is 0 Å². The van der Waals surface area contributed by atoms with Crippen LogP contribution >= 0.6 is 0 Å². The average molecular weight is 237 g/mol. The van der Waals surface area contributed by atoms with Crippen LogP contribution in [0.25, 0.3) is 0 Å². The van der Waals surface area contributed by atoms with Crippen molar-refractivity contribution < 1.29 is 0 Å². The number of rotatable bonds is 5. The molecule has 1 aromatic rings. The van der Waals surface area contributed by atoms with Crippen molar-refractivity contribution in [2.45, 2.75) is 6.42 Å². The third-order valence-electron chi connectivity index (χ3n) is 3.48. The van der Waals surface area contributed by atoms with Crippen LogP contribution in [0.15, 0.2) is 12.4 Å². The van der Waals surface area contributed by atoms with Crippen molar-refractivity contribution >= 4 is 0 Å². The molecule has 2 N–H and O–H groups in total. The molecule has 0 aromatic carbocycles. The summed E-state index contributed by atoms with van der Waals surface area (Å²) in [6.45, 7) is 7.53. The zero-order chi connectivity index (χ0) is 12.1. The summed E-state index contributed by atoms with van der Waals surface area (Å²) in [7, 11) is 2.06. The third kappa shape index (κ3) is 3.52. The third-order valence-corrected chi connectivity index (χ3v) is 3.48. The molecule has 0 saturated carbocycles. The molecule has 1 aliphatic heterocycles. The smallest absolute Gasteiger partial charge is 0.109 e. The molecule has 96 valence electrons. The number of aromatic nitrogens is 2. The van der Waals surface area contributed by atoms with Crippen LogP contribution in [0, 0.1) is 0 Å². The van der Waals surface area contributed by atoms with Gasteiger partial charge in [-0.15, -0.1) is 0 Å². The molecule has 5 nitrogen and oxygen atoms in total. The molecule has 1 aromatic heterocycles. The Morgan fingerprint density at radius 1 is 1.18 bits per heavy atom. The van der Waals surface area contributed by atoms with E-state index in [9.17, 15) is 0 Å². The summed E-state index contributed by atoms with van der Waals surface area (Å²) in [5, 5.41) is 0. The van der Waals surface area contributed by atoms with Crippen LogP contribution in [-0.4, -0.2) is 65.2 Å². The van der Waals surface area contributed by atoms with E-state index in [1.54, 1.807) is 0 Å². The first kappa shape index (κ1) is 12.5. The summed E-state index contributed by atoms with van der Waals surface area (Å²) < 4.78 is 2.10. The van der Waals surface area contributed by atoms with Crippen LogP contribution in [0.3, 0.4) is 0 Å². The molecule has 0 bridgehead atoms. The van der Waals surface area contributed by atoms with E-state index in [-0.39, 0.29) is 0 Å². The predicted octanol–water partition coefficient (Wildman–Crippen LogP) is -0.461. The topological polar surface area (TPSA) is 50.3 Å². The fraction of sp³-hybridized carbons (Fsp3) is 0.750. The number of aryl methyl sites for hydroxylation is 1. The van der Waals surface area contributed by atoms with Gasteiger partial charge in [0, 0.05) is 71.7 Å². The Morgan fingerprint density at radius 2 is 1.82 bits per heavy atom. The van der Waals surface area contributed by atoms with Crippen LogP contribution in [0.4, 0.5) is 0 Å². The molecular formula is C12H23N5. The van der Waals surface area contributed by atoms with E-state index in [1.807, 2.05) is 12.4 Å². The largest absolute Gasteiger partial charge is 0.338 e. The van der Waals surface area contributed by atoms with Crippen LogP contribution < -0.4 is 5.73 Å². The minimum atomic E-state index is 0.771. The summed E-state index contributed by atoms with van der Waals surface area (Å²) in [5.41, 5.74) is 5.57. The van der Waals surface area contributed by atoms with Crippen molar-refractivity contribution in [1.29, 1.82) is 0 Å². The predicted molar refractivity (Wildman–Crippen MR) is 68.8 cm³/mol. The molecule has 17 heavy (non-hydrogen) atoms. The van der Waals surface area contributed by atoms with Crippen molar-refractivity contribution in [3.05, 3.63) is 18.2 Å². The monoisotopic (exact) mass is 237 g/mol. The Kier molecular flexibility index (Phi) is 4.53. The maximum atomic E-state index is 5.57. The lowest BCUT2D eigenvalue weighted by atomic mass is 10.3.